The Morgan fingerprint density at radius 3 is 2.62 bits per heavy atom. The molecule has 3 aromatic rings. The molecule has 124 valence electrons. The second-order valence-electron chi connectivity index (χ2n) is 4.82. The molecule has 0 aliphatic carbocycles. The first-order valence-corrected chi connectivity index (χ1v) is 8.06. The van der Waals surface area contributed by atoms with E-state index in [1.807, 2.05) is 13.0 Å². The molecule has 4 nitrogen and oxygen atoms in total. The van der Waals surface area contributed by atoms with Gasteiger partial charge in [0.1, 0.15) is 0 Å². The standard InChI is InChI=1S/C16H12F3N3OS/c1-2-24-13-7-6-11(9-20-13)14-21-15(23-22-14)10-4-3-5-12(8-10)16(17,18)19/h3-9H,2H2,1H3. The average Bonchev–Trinajstić information content (AvgIpc) is 3.05. The maximum Gasteiger partial charge on any atom is 0.416 e. The van der Waals surface area contributed by atoms with E-state index in [9.17, 15) is 13.2 Å². The molecule has 2 aromatic heterocycles. The number of nitrogens with zero attached hydrogens (tertiary/aromatic N) is 3. The Kier molecular flexibility index (Phi) is 4.57. The number of rotatable bonds is 4. The fourth-order valence-corrected chi connectivity index (χ4v) is 2.62. The summed E-state index contributed by atoms with van der Waals surface area (Å²) in [6, 6.07) is 8.41. The number of thioether (sulfide) groups is 1. The zero-order valence-corrected chi connectivity index (χ0v) is 13.4. The minimum Gasteiger partial charge on any atom is -0.334 e. The molecule has 0 N–H and O–H groups in total. The summed E-state index contributed by atoms with van der Waals surface area (Å²) in [6.07, 6.45) is -2.81. The molecule has 0 aliphatic heterocycles. The zero-order valence-electron chi connectivity index (χ0n) is 12.5. The van der Waals surface area contributed by atoms with E-state index in [0.29, 0.717) is 5.56 Å². The van der Waals surface area contributed by atoms with E-state index in [0.717, 1.165) is 22.9 Å². The lowest BCUT2D eigenvalue weighted by atomic mass is 10.1. The molecule has 0 unspecified atom stereocenters. The van der Waals surface area contributed by atoms with E-state index in [1.54, 1.807) is 24.0 Å². The molecule has 0 radical (unpaired) electrons. The van der Waals surface area contributed by atoms with Crippen molar-refractivity contribution in [2.45, 2.75) is 18.1 Å². The monoisotopic (exact) mass is 351 g/mol. The molecule has 0 atom stereocenters. The Bertz CT molecular complexity index is 831. The first-order valence-electron chi connectivity index (χ1n) is 7.08. The maximum atomic E-state index is 12.8. The molecule has 0 bridgehead atoms. The molecule has 0 saturated heterocycles. The lowest BCUT2D eigenvalue weighted by Crippen LogP contribution is -2.04. The van der Waals surface area contributed by atoms with Crippen LogP contribution in [-0.2, 0) is 6.18 Å². The van der Waals surface area contributed by atoms with E-state index in [4.69, 9.17) is 4.52 Å². The number of hydrogen-bond acceptors (Lipinski definition) is 5. The maximum absolute atomic E-state index is 12.8. The van der Waals surface area contributed by atoms with Gasteiger partial charge in [-0.2, -0.15) is 18.2 Å². The number of benzene rings is 1. The average molecular weight is 351 g/mol. The topological polar surface area (TPSA) is 51.8 Å². The predicted octanol–water partition coefficient (Wildman–Crippen LogP) is 4.93. The van der Waals surface area contributed by atoms with E-state index >= 15 is 0 Å². The summed E-state index contributed by atoms with van der Waals surface area (Å²) >= 11 is 1.60. The lowest BCUT2D eigenvalue weighted by molar-refractivity contribution is -0.137. The van der Waals surface area contributed by atoms with E-state index in [-0.39, 0.29) is 17.3 Å². The molecule has 0 amide bonds. The third-order valence-corrected chi connectivity index (χ3v) is 3.98. The highest BCUT2D eigenvalue weighted by atomic mass is 32.2. The minimum absolute atomic E-state index is 0.0307. The summed E-state index contributed by atoms with van der Waals surface area (Å²) in [7, 11) is 0. The van der Waals surface area contributed by atoms with Gasteiger partial charge in [-0.05, 0) is 36.1 Å². The van der Waals surface area contributed by atoms with Crippen LogP contribution in [0, 0.1) is 0 Å². The van der Waals surface area contributed by atoms with Gasteiger partial charge < -0.3 is 4.52 Å². The number of aromatic nitrogens is 3. The highest BCUT2D eigenvalue weighted by Crippen LogP contribution is 2.32. The Labute approximate surface area is 140 Å². The van der Waals surface area contributed by atoms with Gasteiger partial charge in [-0.25, -0.2) is 4.98 Å². The van der Waals surface area contributed by atoms with Crippen molar-refractivity contribution in [2.24, 2.45) is 0 Å². The Morgan fingerprint density at radius 1 is 1.12 bits per heavy atom. The molecule has 0 spiro atoms. The molecular formula is C16H12F3N3OS. The fourth-order valence-electron chi connectivity index (χ4n) is 2.03. The summed E-state index contributed by atoms with van der Waals surface area (Å²) in [5.41, 5.74) is 0.0921. The summed E-state index contributed by atoms with van der Waals surface area (Å²) in [5, 5.41) is 4.69. The van der Waals surface area contributed by atoms with Crippen molar-refractivity contribution in [3.8, 4) is 22.8 Å². The Hall–Kier alpha value is -2.35. The number of alkyl halides is 3. The molecule has 24 heavy (non-hydrogen) atoms. The second-order valence-corrected chi connectivity index (χ2v) is 6.10. The normalized spacial score (nSPS) is 11.7. The van der Waals surface area contributed by atoms with Gasteiger partial charge in [-0.1, -0.05) is 18.1 Å². The van der Waals surface area contributed by atoms with Crippen LogP contribution in [0.2, 0.25) is 0 Å². The van der Waals surface area contributed by atoms with E-state index in [2.05, 4.69) is 15.1 Å². The van der Waals surface area contributed by atoms with Crippen LogP contribution in [0.15, 0.2) is 52.1 Å². The Morgan fingerprint density at radius 2 is 1.96 bits per heavy atom. The molecule has 8 heteroatoms. The molecular weight excluding hydrogens is 339 g/mol. The van der Waals surface area contributed by atoms with Crippen LogP contribution in [0.4, 0.5) is 13.2 Å². The van der Waals surface area contributed by atoms with Crippen molar-refractivity contribution in [1.29, 1.82) is 0 Å². The van der Waals surface area contributed by atoms with Crippen molar-refractivity contribution in [2.75, 3.05) is 5.75 Å². The first kappa shape index (κ1) is 16.5. The smallest absolute Gasteiger partial charge is 0.334 e. The SMILES string of the molecule is CCSc1ccc(-c2noc(-c3cccc(C(F)(F)F)c3)n2)cn1. The first-order chi connectivity index (χ1) is 11.5. The highest BCUT2D eigenvalue weighted by Gasteiger charge is 2.30. The van der Waals surface area contributed by atoms with Crippen molar-refractivity contribution in [1.82, 2.24) is 15.1 Å². The molecule has 0 fully saturated rings. The Balaban J connectivity index is 1.88. The summed E-state index contributed by atoms with van der Waals surface area (Å²) in [6.45, 7) is 2.03. The highest BCUT2D eigenvalue weighted by molar-refractivity contribution is 7.99. The molecule has 0 saturated carbocycles. The van der Waals surface area contributed by atoms with E-state index in [1.165, 1.54) is 12.1 Å². The largest absolute Gasteiger partial charge is 0.416 e. The van der Waals surface area contributed by atoms with Gasteiger partial charge in [0.15, 0.2) is 0 Å². The van der Waals surface area contributed by atoms with Gasteiger partial charge in [0.05, 0.1) is 10.6 Å². The summed E-state index contributed by atoms with van der Waals surface area (Å²) in [5.74, 6) is 1.22. The lowest BCUT2D eigenvalue weighted by Gasteiger charge is -2.06. The van der Waals surface area contributed by atoms with Gasteiger partial charge in [-0.3, -0.25) is 0 Å². The quantitative estimate of drug-likeness (QED) is 0.624. The second kappa shape index (κ2) is 6.64. The fraction of sp³-hybridized carbons (Fsp3) is 0.188. The van der Waals surface area contributed by atoms with Crippen molar-refractivity contribution < 1.29 is 17.7 Å². The number of hydrogen-bond donors (Lipinski definition) is 0. The van der Waals surface area contributed by atoms with E-state index < -0.39 is 11.7 Å². The van der Waals surface area contributed by atoms with Crippen LogP contribution in [-0.4, -0.2) is 20.9 Å². The molecule has 1 aromatic carbocycles. The van der Waals surface area contributed by atoms with Crippen LogP contribution >= 0.6 is 11.8 Å². The van der Waals surface area contributed by atoms with Crippen molar-refractivity contribution in [3.63, 3.8) is 0 Å². The van der Waals surface area contributed by atoms with Crippen molar-refractivity contribution in [3.05, 3.63) is 48.2 Å². The van der Waals surface area contributed by atoms with Crippen LogP contribution in [0.3, 0.4) is 0 Å². The van der Waals surface area contributed by atoms with Crippen LogP contribution in [0.25, 0.3) is 22.8 Å². The number of pyridine rings is 1. The molecule has 3 rings (SSSR count). The predicted molar refractivity (Wildman–Crippen MR) is 84.4 cm³/mol. The van der Waals surface area contributed by atoms with Crippen LogP contribution < -0.4 is 0 Å². The van der Waals surface area contributed by atoms with Gasteiger partial charge >= 0.3 is 6.18 Å². The van der Waals surface area contributed by atoms with Crippen molar-refractivity contribution >= 4 is 11.8 Å². The minimum atomic E-state index is -4.42. The number of halogens is 3. The molecule has 0 aliphatic rings. The van der Waals surface area contributed by atoms with Gasteiger partial charge in [0.2, 0.25) is 5.82 Å². The summed E-state index contributed by atoms with van der Waals surface area (Å²) < 4.78 is 43.4. The third-order valence-electron chi connectivity index (χ3n) is 3.15. The van der Waals surface area contributed by atoms with Gasteiger partial charge in [-0.15, -0.1) is 11.8 Å². The third kappa shape index (κ3) is 3.59. The van der Waals surface area contributed by atoms with Crippen LogP contribution in [0.5, 0.6) is 0 Å². The molecule has 2 heterocycles. The zero-order chi connectivity index (χ0) is 17.2. The van der Waals surface area contributed by atoms with Gasteiger partial charge in [0.25, 0.3) is 5.89 Å². The van der Waals surface area contributed by atoms with Crippen LogP contribution in [0.1, 0.15) is 12.5 Å². The van der Waals surface area contributed by atoms with Gasteiger partial charge in [0, 0.05) is 17.3 Å². The summed E-state index contributed by atoms with van der Waals surface area (Å²) in [4.78, 5) is 8.42.